The molecule has 0 saturated carbocycles. The van der Waals surface area contributed by atoms with Crippen molar-refractivity contribution in [2.45, 2.75) is 30.4 Å². The first-order chi connectivity index (χ1) is 10.5. The molecule has 3 N–H and O–H groups in total. The summed E-state index contributed by atoms with van der Waals surface area (Å²) in [6.07, 6.45) is 1.47. The lowest BCUT2D eigenvalue weighted by Gasteiger charge is -2.05. The molecule has 0 aliphatic rings. The van der Waals surface area contributed by atoms with Gasteiger partial charge in [-0.1, -0.05) is 0 Å². The molecule has 3 rings (SSSR count). The minimum Gasteiger partial charge on any atom is -0.368 e. The van der Waals surface area contributed by atoms with Gasteiger partial charge < -0.3 is 20.8 Å². The molecule has 0 amide bonds. The predicted octanol–water partition coefficient (Wildman–Crippen LogP) is 1.52. The number of H-pyrrole nitrogens is 1. The smallest absolute Gasteiger partial charge is 0.368 e. The standard InChI is InChI=1S/C11H12N8O2S/c1-3-18-5(2)15-8(19(20)21)10(18)22-9-6-7(14-4-13-6)16-11(12)17-9/h4H,3H2,1-2H3,(H3,12,13,14,16,17). The van der Waals surface area contributed by atoms with E-state index in [0.717, 1.165) is 11.8 Å². The molecule has 0 spiro atoms. The van der Waals surface area contributed by atoms with Crippen LogP contribution in [0.5, 0.6) is 0 Å². The van der Waals surface area contributed by atoms with Crippen molar-refractivity contribution in [1.82, 2.24) is 29.5 Å². The van der Waals surface area contributed by atoms with Crippen molar-refractivity contribution in [2.75, 3.05) is 5.73 Å². The van der Waals surface area contributed by atoms with Gasteiger partial charge in [-0.05, 0) is 28.6 Å². The second-order valence-corrected chi connectivity index (χ2v) is 5.36. The van der Waals surface area contributed by atoms with Gasteiger partial charge in [-0.15, -0.1) is 0 Å². The SMILES string of the molecule is CCn1c(C)nc([N+](=O)[O-])c1Sc1nc(N)nc2[nH]cnc12. The molecule has 114 valence electrons. The predicted molar refractivity (Wildman–Crippen MR) is 79.5 cm³/mol. The number of nitrogen functional groups attached to an aromatic ring is 1. The van der Waals surface area contributed by atoms with Crippen molar-refractivity contribution < 1.29 is 4.92 Å². The summed E-state index contributed by atoms with van der Waals surface area (Å²) in [5.41, 5.74) is 6.66. The maximum absolute atomic E-state index is 11.2. The van der Waals surface area contributed by atoms with E-state index in [1.54, 1.807) is 11.5 Å². The van der Waals surface area contributed by atoms with E-state index in [1.165, 1.54) is 6.33 Å². The van der Waals surface area contributed by atoms with E-state index in [1.807, 2.05) is 6.92 Å². The van der Waals surface area contributed by atoms with Gasteiger partial charge in [-0.3, -0.25) is 4.57 Å². The Morgan fingerprint density at radius 2 is 2.23 bits per heavy atom. The Morgan fingerprint density at radius 1 is 1.45 bits per heavy atom. The van der Waals surface area contributed by atoms with Crippen LogP contribution in [0.2, 0.25) is 0 Å². The number of rotatable bonds is 4. The van der Waals surface area contributed by atoms with Gasteiger partial charge in [0.25, 0.3) is 0 Å². The average molecular weight is 320 g/mol. The Balaban J connectivity index is 2.16. The Bertz CT molecular complexity index is 870. The second-order valence-electron chi connectivity index (χ2n) is 4.38. The fraction of sp³-hybridized carbons (Fsp3) is 0.273. The Kier molecular flexibility index (Phi) is 3.41. The minimum atomic E-state index is -0.506. The number of aromatic nitrogens is 6. The van der Waals surface area contributed by atoms with Crippen LogP contribution >= 0.6 is 11.8 Å². The van der Waals surface area contributed by atoms with Crippen molar-refractivity contribution in [2.24, 2.45) is 0 Å². The molecule has 0 aromatic carbocycles. The summed E-state index contributed by atoms with van der Waals surface area (Å²) < 4.78 is 1.75. The number of nitro groups is 1. The summed E-state index contributed by atoms with van der Waals surface area (Å²) in [5.74, 6) is 0.434. The number of nitrogens with two attached hydrogens (primary N) is 1. The molecule has 0 fully saturated rings. The van der Waals surface area contributed by atoms with Crippen LogP contribution in [0.3, 0.4) is 0 Å². The zero-order chi connectivity index (χ0) is 15.9. The highest BCUT2D eigenvalue weighted by Gasteiger charge is 2.27. The second kappa shape index (κ2) is 5.26. The Labute approximate surface area is 128 Å². The van der Waals surface area contributed by atoms with E-state index in [9.17, 15) is 10.1 Å². The molecule has 0 saturated heterocycles. The van der Waals surface area contributed by atoms with Gasteiger partial charge in [0, 0.05) is 13.5 Å². The van der Waals surface area contributed by atoms with Crippen LogP contribution in [0.25, 0.3) is 11.2 Å². The maximum Gasteiger partial charge on any atom is 0.396 e. The molecule has 0 bridgehead atoms. The van der Waals surface area contributed by atoms with E-state index in [2.05, 4.69) is 24.9 Å². The molecule has 0 atom stereocenters. The zero-order valence-corrected chi connectivity index (χ0v) is 12.6. The number of fused-ring (bicyclic) bond motifs is 1. The zero-order valence-electron chi connectivity index (χ0n) is 11.8. The summed E-state index contributed by atoms with van der Waals surface area (Å²) in [4.78, 5) is 29.9. The third-order valence-corrected chi connectivity index (χ3v) is 4.12. The molecule has 10 nitrogen and oxygen atoms in total. The topological polar surface area (TPSA) is 141 Å². The quantitative estimate of drug-likeness (QED) is 0.418. The summed E-state index contributed by atoms with van der Waals surface area (Å²) in [7, 11) is 0. The minimum absolute atomic E-state index is 0.0705. The molecule has 3 aromatic rings. The van der Waals surface area contributed by atoms with Gasteiger partial charge in [-0.2, -0.15) is 4.98 Å². The number of aryl methyl sites for hydroxylation is 1. The highest BCUT2D eigenvalue weighted by molar-refractivity contribution is 7.99. The molecular formula is C11H12N8O2S. The molecule has 22 heavy (non-hydrogen) atoms. The van der Waals surface area contributed by atoms with Crippen LogP contribution in [0, 0.1) is 17.0 Å². The van der Waals surface area contributed by atoms with Gasteiger partial charge >= 0.3 is 5.82 Å². The highest BCUT2D eigenvalue weighted by atomic mass is 32.2. The molecule has 0 radical (unpaired) electrons. The van der Waals surface area contributed by atoms with Crippen LogP contribution in [0.15, 0.2) is 16.4 Å². The highest BCUT2D eigenvalue weighted by Crippen LogP contribution is 2.36. The molecule has 0 aliphatic heterocycles. The van der Waals surface area contributed by atoms with E-state index in [0.29, 0.717) is 33.6 Å². The molecule has 0 unspecified atom stereocenters. The number of nitrogens with one attached hydrogen (secondary N) is 1. The average Bonchev–Trinajstić information content (AvgIpc) is 3.03. The third-order valence-electron chi connectivity index (χ3n) is 3.04. The van der Waals surface area contributed by atoms with Crippen LogP contribution in [-0.4, -0.2) is 34.4 Å². The Hall–Kier alpha value is -2.69. The van der Waals surface area contributed by atoms with Crippen molar-refractivity contribution in [3.8, 4) is 0 Å². The van der Waals surface area contributed by atoms with Crippen LogP contribution in [0.4, 0.5) is 11.8 Å². The first-order valence-electron chi connectivity index (χ1n) is 6.37. The lowest BCUT2D eigenvalue weighted by Crippen LogP contribution is -2.01. The lowest BCUT2D eigenvalue weighted by atomic mass is 10.5. The van der Waals surface area contributed by atoms with Crippen LogP contribution < -0.4 is 5.73 Å². The summed E-state index contributed by atoms with van der Waals surface area (Å²) in [5, 5.41) is 12.1. The van der Waals surface area contributed by atoms with E-state index < -0.39 is 4.92 Å². The fourth-order valence-corrected chi connectivity index (χ4v) is 3.26. The van der Waals surface area contributed by atoms with Crippen molar-refractivity contribution in [3.63, 3.8) is 0 Å². The Morgan fingerprint density at radius 3 is 2.91 bits per heavy atom. The normalized spacial score (nSPS) is 11.2. The molecular weight excluding hydrogens is 308 g/mol. The van der Waals surface area contributed by atoms with Gasteiger partial charge in [0.2, 0.25) is 11.8 Å². The largest absolute Gasteiger partial charge is 0.396 e. The lowest BCUT2D eigenvalue weighted by molar-refractivity contribution is -0.392. The van der Waals surface area contributed by atoms with Gasteiger partial charge in [0.15, 0.2) is 10.7 Å². The summed E-state index contributed by atoms with van der Waals surface area (Å²) in [6, 6.07) is 0. The number of nitrogens with zero attached hydrogens (tertiary/aromatic N) is 6. The van der Waals surface area contributed by atoms with Crippen LogP contribution in [-0.2, 0) is 6.54 Å². The van der Waals surface area contributed by atoms with Crippen molar-refractivity contribution in [3.05, 3.63) is 22.3 Å². The summed E-state index contributed by atoms with van der Waals surface area (Å²) >= 11 is 1.11. The molecule has 11 heteroatoms. The first kappa shape index (κ1) is 14.3. The summed E-state index contributed by atoms with van der Waals surface area (Å²) in [6.45, 7) is 4.17. The monoisotopic (exact) mass is 320 g/mol. The van der Waals surface area contributed by atoms with Crippen molar-refractivity contribution in [1.29, 1.82) is 0 Å². The molecule has 3 aromatic heterocycles. The van der Waals surface area contributed by atoms with E-state index in [-0.39, 0.29) is 11.8 Å². The number of imidazole rings is 2. The first-order valence-corrected chi connectivity index (χ1v) is 7.18. The van der Waals surface area contributed by atoms with Crippen LogP contribution in [0.1, 0.15) is 12.7 Å². The molecule has 0 aliphatic carbocycles. The number of hydrogen-bond donors (Lipinski definition) is 2. The maximum atomic E-state index is 11.2. The van der Waals surface area contributed by atoms with Gasteiger partial charge in [0.1, 0.15) is 10.5 Å². The third kappa shape index (κ3) is 2.24. The fourth-order valence-electron chi connectivity index (χ4n) is 2.11. The number of anilines is 1. The number of aromatic amines is 1. The molecule has 3 heterocycles. The van der Waals surface area contributed by atoms with Gasteiger partial charge in [-0.25, -0.2) is 9.97 Å². The number of hydrogen-bond acceptors (Lipinski definition) is 8. The van der Waals surface area contributed by atoms with E-state index in [4.69, 9.17) is 5.73 Å². The van der Waals surface area contributed by atoms with E-state index >= 15 is 0 Å². The van der Waals surface area contributed by atoms with Gasteiger partial charge in [0.05, 0.1) is 6.33 Å². The van der Waals surface area contributed by atoms with Crippen molar-refractivity contribution >= 4 is 34.7 Å².